The van der Waals surface area contributed by atoms with Gasteiger partial charge < -0.3 is 10.2 Å². The Bertz CT molecular complexity index is 803. The van der Waals surface area contributed by atoms with Gasteiger partial charge >= 0.3 is 0 Å². The Morgan fingerprint density at radius 1 is 0.967 bits per heavy atom. The first-order valence-corrected chi connectivity index (χ1v) is 11.7. The van der Waals surface area contributed by atoms with Crippen LogP contribution < -0.4 is 5.32 Å². The normalized spacial score (nSPS) is 11.7. The summed E-state index contributed by atoms with van der Waals surface area (Å²) in [6.45, 7) is 9.18. The van der Waals surface area contributed by atoms with E-state index in [9.17, 15) is 9.59 Å². The van der Waals surface area contributed by atoms with E-state index in [-0.39, 0.29) is 11.8 Å². The summed E-state index contributed by atoms with van der Waals surface area (Å²) >= 11 is 1.68. The van der Waals surface area contributed by atoms with Crippen molar-refractivity contribution in [1.29, 1.82) is 0 Å². The molecule has 0 aliphatic rings. The topological polar surface area (TPSA) is 49.4 Å². The van der Waals surface area contributed by atoms with Gasteiger partial charge in [-0.25, -0.2) is 0 Å². The average molecular weight is 427 g/mol. The maximum Gasteiger partial charge on any atom is 0.242 e. The van der Waals surface area contributed by atoms with Crippen LogP contribution in [0.2, 0.25) is 0 Å². The summed E-state index contributed by atoms with van der Waals surface area (Å²) in [5.41, 5.74) is 3.45. The Labute approximate surface area is 185 Å². The number of nitrogens with one attached hydrogen (secondary N) is 1. The summed E-state index contributed by atoms with van der Waals surface area (Å²) in [5.74, 6) is 0.652. The molecule has 0 saturated heterocycles. The van der Waals surface area contributed by atoms with Crippen LogP contribution in [0.1, 0.15) is 49.8 Å². The lowest BCUT2D eigenvalue weighted by molar-refractivity contribution is -0.141. The minimum absolute atomic E-state index is 0.0219. The third-order valence-corrected chi connectivity index (χ3v) is 6.03. The highest BCUT2D eigenvalue weighted by atomic mass is 32.2. The van der Waals surface area contributed by atoms with Crippen LogP contribution >= 0.6 is 11.8 Å². The first kappa shape index (κ1) is 24.0. The quantitative estimate of drug-likeness (QED) is 0.508. The fourth-order valence-corrected chi connectivity index (χ4v) is 4.05. The fraction of sp³-hybridized carbons (Fsp3) is 0.440. The van der Waals surface area contributed by atoms with E-state index >= 15 is 0 Å². The second-order valence-electron chi connectivity index (χ2n) is 7.63. The molecule has 0 saturated carbocycles. The molecule has 4 nitrogen and oxygen atoms in total. The highest BCUT2D eigenvalue weighted by Gasteiger charge is 2.28. The van der Waals surface area contributed by atoms with Crippen molar-refractivity contribution >= 4 is 23.6 Å². The number of benzene rings is 2. The van der Waals surface area contributed by atoms with Gasteiger partial charge in [0.25, 0.3) is 0 Å². The lowest BCUT2D eigenvalue weighted by Crippen LogP contribution is -2.49. The second kappa shape index (κ2) is 12.4. The van der Waals surface area contributed by atoms with Crippen LogP contribution in [0.4, 0.5) is 0 Å². The van der Waals surface area contributed by atoms with Gasteiger partial charge in [0.2, 0.25) is 11.8 Å². The van der Waals surface area contributed by atoms with E-state index in [0.717, 1.165) is 16.9 Å². The zero-order chi connectivity index (χ0) is 21.9. The molecular weight excluding hydrogens is 392 g/mol. The van der Waals surface area contributed by atoms with Crippen molar-refractivity contribution in [2.75, 3.05) is 12.3 Å². The summed E-state index contributed by atoms with van der Waals surface area (Å²) in [7, 11) is 0. The van der Waals surface area contributed by atoms with Gasteiger partial charge in [0.1, 0.15) is 6.04 Å². The number of amides is 2. The molecule has 0 heterocycles. The zero-order valence-corrected chi connectivity index (χ0v) is 19.4. The number of carbonyl (C=O) groups excluding carboxylic acids is 2. The van der Waals surface area contributed by atoms with E-state index in [0.29, 0.717) is 31.7 Å². The Balaban J connectivity index is 2.09. The van der Waals surface area contributed by atoms with Gasteiger partial charge in [-0.15, -0.1) is 11.8 Å². The monoisotopic (exact) mass is 426 g/mol. The lowest BCUT2D eigenvalue weighted by Gasteiger charge is -2.30. The summed E-state index contributed by atoms with van der Waals surface area (Å²) in [4.78, 5) is 28.8. The van der Waals surface area contributed by atoms with Crippen molar-refractivity contribution in [2.24, 2.45) is 0 Å². The number of nitrogens with zero attached hydrogens (tertiary/aromatic N) is 1. The number of thioether (sulfide) groups is 1. The molecule has 0 radical (unpaired) electrons. The van der Waals surface area contributed by atoms with Crippen LogP contribution in [0.5, 0.6) is 0 Å². The molecule has 2 aromatic carbocycles. The van der Waals surface area contributed by atoms with Gasteiger partial charge in [0.05, 0.1) is 0 Å². The Kier molecular flexibility index (Phi) is 9.95. The van der Waals surface area contributed by atoms with Crippen molar-refractivity contribution in [1.82, 2.24) is 10.2 Å². The fourth-order valence-electron chi connectivity index (χ4n) is 3.21. The van der Waals surface area contributed by atoms with Gasteiger partial charge in [-0.2, -0.15) is 0 Å². The number of carbonyl (C=O) groups is 2. The van der Waals surface area contributed by atoms with Crippen LogP contribution in [-0.2, 0) is 16.1 Å². The van der Waals surface area contributed by atoms with Gasteiger partial charge in [0.15, 0.2) is 0 Å². The first-order valence-electron chi connectivity index (χ1n) is 10.8. The average Bonchev–Trinajstić information content (AvgIpc) is 2.74. The van der Waals surface area contributed by atoms with Crippen LogP contribution in [0.15, 0.2) is 53.4 Å². The molecule has 162 valence electrons. The zero-order valence-electron chi connectivity index (χ0n) is 18.6. The molecule has 0 aliphatic heterocycles. The molecule has 0 bridgehead atoms. The molecule has 0 unspecified atom stereocenters. The SMILES string of the molecule is CCCNC(=O)[C@H](CC)N(Cc1ccc(C)cc1)C(=O)CCSc1ccc(C)cc1. The Morgan fingerprint density at radius 3 is 2.13 bits per heavy atom. The molecule has 30 heavy (non-hydrogen) atoms. The molecule has 2 rings (SSSR count). The number of rotatable bonds is 11. The lowest BCUT2D eigenvalue weighted by atomic mass is 10.1. The smallest absolute Gasteiger partial charge is 0.242 e. The van der Waals surface area contributed by atoms with Crippen LogP contribution in [0.25, 0.3) is 0 Å². The van der Waals surface area contributed by atoms with Crippen molar-refractivity contribution in [3.05, 3.63) is 65.2 Å². The van der Waals surface area contributed by atoms with Crippen LogP contribution in [-0.4, -0.2) is 35.1 Å². The molecular formula is C25H34N2O2S. The van der Waals surface area contributed by atoms with Gasteiger partial charge in [-0.1, -0.05) is 61.4 Å². The van der Waals surface area contributed by atoms with E-state index in [4.69, 9.17) is 0 Å². The van der Waals surface area contributed by atoms with E-state index < -0.39 is 6.04 Å². The molecule has 5 heteroatoms. The van der Waals surface area contributed by atoms with Gasteiger partial charge in [0, 0.05) is 30.2 Å². The molecule has 0 aliphatic carbocycles. The minimum atomic E-state index is -0.449. The highest BCUT2D eigenvalue weighted by molar-refractivity contribution is 7.99. The molecule has 2 aromatic rings. The number of aryl methyl sites for hydroxylation is 2. The van der Waals surface area contributed by atoms with E-state index in [1.54, 1.807) is 16.7 Å². The summed E-state index contributed by atoms with van der Waals surface area (Å²) < 4.78 is 0. The highest BCUT2D eigenvalue weighted by Crippen LogP contribution is 2.21. The second-order valence-corrected chi connectivity index (χ2v) is 8.80. The van der Waals surface area contributed by atoms with Gasteiger partial charge in [-0.05, 0) is 44.4 Å². The van der Waals surface area contributed by atoms with E-state index in [1.165, 1.54) is 11.1 Å². The Hall–Kier alpha value is -2.27. The molecule has 0 fully saturated rings. The molecule has 0 spiro atoms. The van der Waals surface area contributed by atoms with Crippen molar-refractivity contribution in [3.63, 3.8) is 0 Å². The third kappa shape index (κ3) is 7.52. The Morgan fingerprint density at radius 2 is 1.57 bits per heavy atom. The van der Waals surface area contributed by atoms with Crippen LogP contribution in [0.3, 0.4) is 0 Å². The predicted octanol–water partition coefficient (Wildman–Crippen LogP) is 5.12. The first-order chi connectivity index (χ1) is 14.4. The standard InChI is InChI=1S/C25H34N2O2S/c1-5-16-26-25(29)23(6-2)27(18-21-11-7-19(3)8-12-21)24(28)15-17-30-22-13-9-20(4)10-14-22/h7-14,23H,5-6,15-18H2,1-4H3,(H,26,29)/t23-/m0/s1. The molecule has 2 amide bonds. The van der Waals surface area contributed by atoms with Crippen molar-refractivity contribution in [2.45, 2.75) is 64.4 Å². The third-order valence-electron chi connectivity index (χ3n) is 5.01. The predicted molar refractivity (Wildman–Crippen MR) is 126 cm³/mol. The van der Waals surface area contributed by atoms with Crippen molar-refractivity contribution in [3.8, 4) is 0 Å². The summed E-state index contributed by atoms with van der Waals surface area (Å²) in [6.07, 6.45) is 1.88. The van der Waals surface area contributed by atoms with Crippen LogP contribution in [0, 0.1) is 13.8 Å². The van der Waals surface area contributed by atoms with Gasteiger partial charge in [-0.3, -0.25) is 9.59 Å². The number of hydrogen-bond donors (Lipinski definition) is 1. The largest absolute Gasteiger partial charge is 0.354 e. The van der Waals surface area contributed by atoms with E-state index in [2.05, 4.69) is 36.5 Å². The molecule has 1 atom stereocenters. The maximum atomic E-state index is 13.2. The van der Waals surface area contributed by atoms with E-state index in [1.807, 2.05) is 45.0 Å². The number of hydrogen-bond acceptors (Lipinski definition) is 3. The maximum absolute atomic E-state index is 13.2. The summed E-state index contributed by atoms with van der Waals surface area (Å²) in [5, 5.41) is 2.96. The minimum Gasteiger partial charge on any atom is -0.354 e. The molecule has 0 aromatic heterocycles. The molecule has 1 N–H and O–H groups in total. The van der Waals surface area contributed by atoms with Crippen molar-refractivity contribution < 1.29 is 9.59 Å². The summed E-state index contributed by atoms with van der Waals surface area (Å²) in [6, 6.07) is 16.0.